The summed E-state index contributed by atoms with van der Waals surface area (Å²) in [5.41, 5.74) is 4.38. The zero-order valence-corrected chi connectivity index (χ0v) is 19.4. The quantitative estimate of drug-likeness (QED) is 0.546. The number of oxime groups is 1. The van der Waals surface area contributed by atoms with Gasteiger partial charge in [-0.15, -0.1) is 0 Å². The van der Waals surface area contributed by atoms with E-state index in [4.69, 9.17) is 21.2 Å². The van der Waals surface area contributed by atoms with Crippen LogP contribution in [0, 0.1) is 12.8 Å². The van der Waals surface area contributed by atoms with Crippen molar-refractivity contribution in [1.29, 1.82) is 0 Å². The molecule has 168 valence electrons. The van der Waals surface area contributed by atoms with Crippen LogP contribution in [0.25, 0.3) is 0 Å². The normalized spacial score (nSPS) is 17.1. The van der Waals surface area contributed by atoms with Crippen LogP contribution in [0.5, 0.6) is 0 Å². The van der Waals surface area contributed by atoms with Crippen molar-refractivity contribution in [2.45, 2.75) is 45.9 Å². The number of aliphatic hydroxyl groups excluding tert-OH is 1. The molecule has 0 aromatic heterocycles. The van der Waals surface area contributed by atoms with Gasteiger partial charge in [-0.2, -0.15) is 0 Å². The Morgan fingerprint density at radius 3 is 2.68 bits per heavy atom. The fourth-order valence-corrected chi connectivity index (χ4v) is 3.83. The molecule has 3 rings (SSSR count). The van der Waals surface area contributed by atoms with Gasteiger partial charge in [0.15, 0.2) is 0 Å². The molecule has 6 heteroatoms. The topological polar surface area (TPSA) is 54.3 Å². The molecule has 31 heavy (non-hydrogen) atoms. The van der Waals surface area contributed by atoms with E-state index in [2.05, 4.69) is 55.1 Å². The van der Waals surface area contributed by atoms with Crippen molar-refractivity contribution in [2.75, 3.05) is 26.3 Å². The summed E-state index contributed by atoms with van der Waals surface area (Å²) in [4.78, 5) is 7.93. The van der Waals surface area contributed by atoms with Gasteiger partial charge in [-0.3, -0.25) is 4.90 Å². The van der Waals surface area contributed by atoms with Crippen molar-refractivity contribution in [3.63, 3.8) is 0 Å². The van der Waals surface area contributed by atoms with Gasteiger partial charge in [0.05, 0.1) is 18.4 Å². The maximum Gasteiger partial charge on any atom is 0.145 e. The van der Waals surface area contributed by atoms with Gasteiger partial charge in [-0.05, 0) is 36.1 Å². The van der Waals surface area contributed by atoms with Gasteiger partial charge < -0.3 is 14.7 Å². The van der Waals surface area contributed by atoms with Crippen LogP contribution in [0.4, 0.5) is 0 Å². The minimum Gasteiger partial charge on any atom is -0.390 e. The molecule has 0 saturated heterocycles. The van der Waals surface area contributed by atoms with E-state index < -0.39 is 6.10 Å². The van der Waals surface area contributed by atoms with Crippen molar-refractivity contribution in [3.8, 4) is 0 Å². The fraction of sp³-hybridized carbons (Fsp3) is 0.480. The molecule has 0 saturated carbocycles. The first-order valence-electron chi connectivity index (χ1n) is 10.9. The van der Waals surface area contributed by atoms with Gasteiger partial charge in [-0.25, -0.2) is 0 Å². The van der Waals surface area contributed by atoms with Gasteiger partial charge in [0.2, 0.25) is 0 Å². The highest BCUT2D eigenvalue weighted by atomic mass is 35.5. The Hall–Kier alpha value is -1.92. The third kappa shape index (κ3) is 7.93. The zero-order chi connectivity index (χ0) is 22.2. The molecule has 0 radical (unpaired) electrons. The van der Waals surface area contributed by atoms with Crippen LogP contribution >= 0.6 is 11.6 Å². The van der Waals surface area contributed by atoms with Crippen LogP contribution in [0.15, 0.2) is 53.7 Å². The minimum atomic E-state index is -0.572. The zero-order valence-electron chi connectivity index (χ0n) is 18.6. The van der Waals surface area contributed by atoms with Crippen LogP contribution in [0.1, 0.15) is 37.0 Å². The van der Waals surface area contributed by atoms with Crippen molar-refractivity contribution in [3.05, 3.63) is 70.2 Å². The van der Waals surface area contributed by atoms with E-state index in [1.165, 1.54) is 5.56 Å². The molecule has 0 bridgehead atoms. The van der Waals surface area contributed by atoms with Gasteiger partial charge >= 0.3 is 0 Å². The maximum atomic E-state index is 10.5. The lowest BCUT2D eigenvalue weighted by atomic mass is 10.0. The van der Waals surface area contributed by atoms with E-state index in [0.29, 0.717) is 43.8 Å². The predicted octanol–water partition coefficient (Wildman–Crippen LogP) is 4.68. The average Bonchev–Trinajstić information content (AvgIpc) is 3.16. The highest BCUT2D eigenvalue weighted by molar-refractivity contribution is 6.30. The number of aryl methyl sites for hydroxylation is 1. The minimum absolute atomic E-state index is 0.0562. The molecular formula is C25H33ClN2O3. The third-order valence-electron chi connectivity index (χ3n) is 5.11. The molecule has 2 atom stereocenters. The van der Waals surface area contributed by atoms with E-state index in [1.54, 1.807) is 0 Å². The summed E-state index contributed by atoms with van der Waals surface area (Å²) in [6, 6.07) is 16.2. The summed E-state index contributed by atoms with van der Waals surface area (Å²) in [5.74, 6) is 0.444. The van der Waals surface area contributed by atoms with E-state index in [-0.39, 0.29) is 6.10 Å². The molecule has 1 heterocycles. The predicted molar refractivity (Wildman–Crippen MR) is 126 cm³/mol. The molecule has 0 amide bonds. The Labute approximate surface area is 190 Å². The highest BCUT2D eigenvalue weighted by Crippen LogP contribution is 2.20. The second-order valence-corrected chi connectivity index (χ2v) is 9.18. The van der Waals surface area contributed by atoms with Crippen LogP contribution in [0.2, 0.25) is 5.02 Å². The van der Waals surface area contributed by atoms with Crippen LogP contribution < -0.4 is 0 Å². The number of rotatable bonds is 11. The number of aliphatic hydroxyl groups is 1. The molecule has 2 aromatic carbocycles. The molecule has 0 spiro atoms. The number of benzene rings is 2. The van der Waals surface area contributed by atoms with Crippen LogP contribution in [-0.2, 0) is 16.1 Å². The van der Waals surface area contributed by atoms with Crippen LogP contribution in [-0.4, -0.2) is 54.2 Å². The van der Waals surface area contributed by atoms with Crippen LogP contribution in [0.3, 0.4) is 0 Å². The first-order chi connectivity index (χ1) is 14.9. The van der Waals surface area contributed by atoms with E-state index in [9.17, 15) is 5.11 Å². The molecule has 2 aromatic rings. The monoisotopic (exact) mass is 444 g/mol. The molecule has 0 aliphatic carbocycles. The number of hydrogen-bond donors (Lipinski definition) is 1. The summed E-state index contributed by atoms with van der Waals surface area (Å²) in [6.07, 6.45) is 0.116. The van der Waals surface area contributed by atoms with Gasteiger partial charge in [-0.1, -0.05) is 72.6 Å². The molecule has 1 aliphatic heterocycles. The van der Waals surface area contributed by atoms with Crippen molar-refractivity contribution in [1.82, 2.24) is 4.90 Å². The molecule has 0 unspecified atom stereocenters. The van der Waals surface area contributed by atoms with E-state index in [1.807, 2.05) is 24.3 Å². The largest absolute Gasteiger partial charge is 0.390 e. The van der Waals surface area contributed by atoms with Gasteiger partial charge in [0.1, 0.15) is 6.10 Å². The lowest BCUT2D eigenvalue weighted by Crippen LogP contribution is -2.39. The van der Waals surface area contributed by atoms with Gasteiger partial charge in [0.25, 0.3) is 0 Å². The molecular weight excluding hydrogens is 412 g/mol. The average molecular weight is 445 g/mol. The Bertz CT molecular complexity index is 854. The first-order valence-corrected chi connectivity index (χ1v) is 11.3. The first kappa shape index (κ1) is 23.7. The number of nitrogens with zero attached hydrogens (tertiary/aromatic N) is 2. The number of halogens is 1. The smallest absolute Gasteiger partial charge is 0.145 e. The SMILES string of the molecule is Cc1ccc(C2=NO[C@@H](CN(Cc3cccc(Cl)c3)C[C@@H](O)COCC(C)C)C2)cc1. The highest BCUT2D eigenvalue weighted by Gasteiger charge is 2.26. The van der Waals surface area contributed by atoms with Crippen molar-refractivity contribution >= 4 is 17.3 Å². The second kappa shape index (κ2) is 11.6. The molecule has 5 nitrogen and oxygen atoms in total. The molecule has 0 fully saturated rings. The standard InChI is InChI=1S/C25H33ClN2O3/c1-18(2)16-30-17-23(29)14-28(13-20-5-4-6-22(26)11-20)15-24-12-25(27-31-24)21-9-7-19(3)8-10-21/h4-11,18,23-24,29H,12-17H2,1-3H3/t23-,24-/m1/s1. The van der Waals surface area contributed by atoms with Crippen molar-refractivity contribution < 1.29 is 14.7 Å². The van der Waals surface area contributed by atoms with Gasteiger partial charge in [0, 0.05) is 37.7 Å². The Morgan fingerprint density at radius 1 is 1.19 bits per heavy atom. The van der Waals surface area contributed by atoms with Crippen molar-refractivity contribution in [2.24, 2.45) is 11.1 Å². The lowest BCUT2D eigenvalue weighted by molar-refractivity contribution is -0.00734. The Kier molecular flexibility index (Phi) is 8.90. The lowest BCUT2D eigenvalue weighted by Gasteiger charge is -2.27. The summed E-state index contributed by atoms with van der Waals surface area (Å²) in [6.45, 7) is 9.05. The summed E-state index contributed by atoms with van der Waals surface area (Å²) >= 11 is 6.17. The number of hydrogen-bond acceptors (Lipinski definition) is 5. The Morgan fingerprint density at radius 2 is 1.97 bits per heavy atom. The van der Waals surface area contributed by atoms with E-state index >= 15 is 0 Å². The molecule has 1 N–H and O–H groups in total. The maximum absolute atomic E-state index is 10.5. The van der Waals surface area contributed by atoms with E-state index in [0.717, 1.165) is 23.3 Å². The fourth-order valence-electron chi connectivity index (χ4n) is 3.62. The number of ether oxygens (including phenoxy) is 1. The Balaban J connectivity index is 1.60. The second-order valence-electron chi connectivity index (χ2n) is 8.74. The summed E-state index contributed by atoms with van der Waals surface area (Å²) in [5, 5.41) is 15.6. The summed E-state index contributed by atoms with van der Waals surface area (Å²) in [7, 11) is 0. The molecule has 1 aliphatic rings. The third-order valence-corrected chi connectivity index (χ3v) is 5.34. The summed E-state index contributed by atoms with van der Waals surface area (Å²) < 4.78 is 5.63.